The number of hydrogen-bond acceptors (Lipinski definition) is 3. The molecule has 4 nitrogen and oxygen atoms in total. The van der Waals surface area contributed by atoms with E-state index in [0.717, 1.165) is 15.7 Å². The first-order valence-corrected chi connectivity index (χ1v) is 8.12. The number of rotatable bonds is 3. The van der Waals surface area contributed by atoms with Gasteiger partial charge in [-0.25, -0.2) is 10.9 Å². The number of carbonyl (C=O) groups excluding carboxylic acids is 1. The lowest BCUT2D eigenvalue weighted by Crippen LogP contribution is -2.39. The largest absolute Gasteiger partial charge is 0.325 e. The summed E-state index contributed by atoms with van der Waals surface area (Å²) in [4.78, 5) is 12.3. The Balaban J connectivity index is 1.64. The van der Waals surface area contributed by atoms with E-state index in [1.165, 1.54) is 0 Å². The van der Waals surface area contributed by atoms with E-state index in [1.54, 1.807) is 0 Å². The molecule has 1 fully saturated rings. The first-order chi connectivity index (χ1) is 10.6. The summed E-state index contributed by atoms with van der Waals surface area (Å²) in [5.74, 6) is -0.0654. The van der Waals surface area contributed by atoms with Crippen LogP contribution in [0.1, 0.15) is 18.0 Å². The fourth-order valence-electron chi connectivity index (χ4n) is 2.45. The molecule has 2 unspecified atom stereocenters. The topological polar surface area (TPSA) is 53.2 Å². The maximum Gasteiger partial charge on any atom is 0.242 e. The molecular weight excluding hydrogens is 366 g/mol. The summed E-state index contributed by atoms with van der Waals surface area (Å²) in [5, 5.41) is 3.61. The minimum Gasteiger partial charge on any atom is -0.325 e. The highest BCUT2D eigenvalue weighted by atomic mass is 79.9. The Morgan fingerprint density at radius 1 is 1.14 bits per heavy atom. The Morgan fingerprint density at radius 2 is 1.86 bits per heavy atom. The lowest BCUT2D eigenvalue weighted by molar-refractivity contribution is -0.117. The van der Waals surface area contributed by atoms with Gasteiger partial charge < -0.3 is 5.32 Å². The van der Waals surface area contributed by atoms with E-state index in [9.17, 15) is 4.79 Å². The molecule has 3 rings (SSSR count). The summed E-state index contributed by atoms with van der Waals surface area (Å²) in [6.07, 6.45) is 0.645. The van der Waals surface area contributed by atoms with Gasteiger partial charge in [-0.1, -0.05) is 45.7 Å². The molecule has 0 saturated carbocycles. The molecule has 2 aromatic rings. The highest BCUT2D eigenvalue weighted by molar-refractivity contribution is 9.10. The lowest BCUT2D eigenvalue weighted by Gasteiger charge is -2.11. The Labute approximate surface area is 142 Å². The molecule has 22 heavy (non-hydrogen) atoms. The van der Waals surface area contributed by atoms with Crippen LogP contribution in [-0.2, 0) is 4.79 Å². The van der Waals surface area contributed by atoms with Gasteiger partial charge in [0.25, 0.3) is 0 Å². The number of halogens is 2. The third kappa shape index (κ3) is 3.50. The molecule has 1 amide bonds. The first-order valence-electron chi connectivity index (χ1n) is 6.95. The van der Waals surface area contributed by atoms with Crippen LogP contribution in [0.5, 0.6) is 0 Å². The summed E-state index contributed by atoms with van der Waals surface area (Å²) in [7, 11) is 0. The van der Waals surface area contributed by atoms with E-state index in [-0.39, 0.29) is 18.0 Å². The Bertz CT molecular complexity index is 677. The van der Waals surface area contributed by atoms with E-state index in [1.807, 2.05) is 48.5 Å². The monoisotopic (exact) mass is 379 g/mol. The maximum atomic E-state index is 12.3. The summed E-state index contributed by atoms with van der Waals surface area (Å²) in [6.45, 7) is 0. The minimum atomic E-state index is -0.301. The van der Waals surface area contributed by atoms with Crippen molar-refractivity contribution < 1.29 is 4.79 Å². The van der Waals surface area contributed by atoms with Gasteiger partial charge in [0, 0.05) is 21.2 Å². The van der Waals surface area contributed by atoms with Crippen LogP contribution in [0.25, 0.3) is 0 Å². The first kappa shape index (κ1) is 15.5. The smallest absolute Gasteiger partial charge is 0.242 e. The van der Waals surface area contributed by atoms with Gasteiger partial charge in [-0.3, -0.25) is 4.79 Å². The highest BCUT2D eigenvalue weighted by Crippen LogP contribution is 2.28. The van der Waals surface area contributed by atoms with Gasteiger partial charge in [0.1, 0.15) is 6.04 Å². The predicted molar refractivity (Wildman–Crippen MR) is 91.6 cm³/mol. The number of carbonyl (C=O) groups is 1. The van der Waals surface area contributed by atoms with Crippen LogP contribution in [0.15, 0.2) is 53.0 Å². The molecule has 0 spiro atoms. The molecule has 2 atom stereocenters. The maximum absolute atomic E-state index is 12.3. The van der Waals surface area contributed by atoms with Crippen molar-refractivity contribution in [2.45, 2.75) is 18.5 Å². The van der Waals surface area contributed by atoms with Crippen molar-refractivity contribution in [3.63, 3.8) is 0 Å². The summed E-state index contributed by atoms with van der Waals surface area (Å²) in [6, 6.07) is 14.9. The van der Waals surface area contributed by atoms with Crippen LogP contribution >= 0.6 is 27.5 Å². The number of benzene rings is 2. The Kier molecular flexibility index (Phi) is 4.78. The summed E-state index contributed by atoms with van der Waals surface area (Å²) in [5.41, 5.74) is 7.94. The zero-order valence-electron chi connectivity index (χ0n) is 11.6. The van der Waals surface area contributed by atoms with E-state index in [4.69, 9.17) is 11.6 Å². The standard InChI is InChI=1S/C16H15BrClN3O/c17-10-5-7-11(8-6-10)19-16(22)15-9-14(20-21-15)12-3-1-2-4-13(12)18/h1-8,14-15,20-21H,9H2,(H,19,22). The van der Waals surface area contributed by atoms with Crippen LogP contribution in [-0.4, -0.2) is 11.9 Å². The van der Waals surface area contributed by atoms with Crippen LogP contribution < -0.4 is 16.2 Å². The predicted octanol–water partition coefficient (Wildman–Crippen LogP) is 3.65. The molecule has 0 aromatic heterocycles. The second-order valence-corrected chi connectivity index (χ2v) is 6.47. The van der Waals surface area contributed by atoms with Crippen LogP contribution in [0.2, 0.25) is 5.02 Å². The average Bonchev–Trinajstić information content (AvgIpc) is 3.00. The van der Waals surface area contributed by atoms with Gasteiger partial charge in [-0.2, -0.15) is 0 Å². The van der Waals surface area contributed by atoms with Gasteiger partial charge in [-0.15, -0.1) is 0 Å². The molecular formula is C16H15BrClN3O. The molecule has 1 heterocycles. The molecule has 1 aliphatic rings. The van der Waals surface area contributed by atoms with E-state index < -0.39 is 0 Å². The molecule has 3 N–H and O–H groups in total. The number of nitrogens with one attached hydrogen (secondary N) is 3. The van der Waals surface area contributed by atoms with Crippen molar-refractivity contribution in [1.29, 1.82) is 0 Å². The van der Waals surface area contributed by atoms with Crippen molar-refractivity contribution in [2.75, 3.05) is 5.32 Å². The molecule has 1 saturated heterocycles. The van der Waals surface area contributed by atoms with Crippen LogP contribution in [0.3, 0.4) is 0 Å². The van der Waals surface area contributed by atoms with Crippen molar-refractivity contribution >= 4 is 39.1 Å². The van der Waals surface area contributed by atoms with Gasteiger partial charge in [0.15, 0.2) is 0 Å². The fourth-order valence-corrected chi connectivity index (χ4v) is 2.98. The Hall–Kier alpha value is -1.40. The number of amides is 1. The highest BCUT2D eigenvalue weighted by Gasteiger charge is 2.31. The van der Waals surface area contributed by atoms with E-state index in [2.05, 4.69) is 32.1 Å². The molecule has 2 aromatic carbocycles. The van der Waals surface area contributed by atoms with Gasteiger partial charge in [0.05, 0.1) is 0 Å². The average molecular weight is 381 g/mol. The van der Waals surface area contributed by atoms with Gasteiger partial charge >= 0.3 is 0 Å². The van der Waals surface area contributed by atoms with Crippen molar-refractivity contribution in [3.8, 4) is 0 Å². The summed E-state index contributed by atoms with van der Waals surface area (Å²) < 4.78 is 0.977. The quantitative estimate of drug-likeness (QED) is 0.762. The lowest BCUT2D eigenvalue weighted by atomic mass is 10.0. The van der Waals surface area contributed by atoms with Gasteiger partial charge in [0.2, 0.25) is 5.91 Å². The fraction of sp³-hybridized carbons (Fsp3) is 0.188. The molecule has 1 aliphatic heterocycles. The number of hydrogen-bond donors (Lipinski definition) is 3. The Morgan fingerprint density at radius 3 is 2.59 bits per heavy atom. The SMILES string of the molecule is O=C(Nc1ccc(Br)cc1)C1CC(c2ccccc2Cl)NN1. The minimum absolute atomic E-state index is 0.0226. The molecule has 0 radical (unpaired) electrons. The van der Waals surface area contributed by atoms with Gasteiger partial charge in [-0.05, 0) is 42.3 Å². The second kappa shape index (κ2) is 6.79. The van der Waals surface area contributed by atoms with Crippen molar-refractivity contribution in [3.05, 3.63) is 63.6 Å². The third-order valence-electron chi connectivity index (χ3n) is 3.61. The number of hydrazine groups is 1. The second-order valence-electron chi connectivity index (χ2n) is 5.15. The normalized spacial score (nSPS) is 20.8. The molecule has 6 heteroatoms. The van der Waals surface area contributed by atoms with Crippen LogP contribution in [0.4, 0.5) is 5.69 Å². The molecule has 114 valence electrons. The summed E-state index contributed by atoms with van der Waals surface area (Å²) >= 11 is 9.57. The third-order valence-corrected chi connectivity index (χ3v) is 4.48. The van der Waals surface area contributed by atoms with E-state index >= 15 is 0 Å². The molecule has 0 bridgehead atoms. The van der Waals surface area contributed by atoms with Crippen molar-refractivity contribution in [1.82, 2.24) is 10.9 Å². The molecule has 0 aliphatic carbocycles. The van der Waals surface area contributed by atoms with Crippen molar-refractivity contribution in [2.24, 2.45) is 0 Å². The van der Waals surface area contributed by atoms with E-state index in [0.29, 0.717) is 11.4 Å². The van der Waals surface area contributed by atoms with Crippen LogP contribution in [0, 0.1) is 0 Å². The zero-order valence-corrected chi connectivity index (χ0v) is 14.0. The zero-order chi connectivity index (χ0) is 15.5. The number of anilines is 1.